The molecule has 0 aromatic heterocycles. The Kier molecular flexibility index (Phi) is 5.18. The minimum Gasteiger partial charge on any atom is -0.375 e. The maximum atomic E-state index is 5.84. The van der Waals surface area contributed by atoms with Crippen LogP contribution < -0.4 is 5.73 Å². The Morgan fingerprint density at radius 3 is 2.75 bits per heavy atom. The van der Waals surface area contributed by atoms with E-state index in [1.54, 1.807) is 0 Å². The number of hydrogen-bond acceptors (Lipinski definition) is 4. The van der Waals surface area contributed by atoms with Crippen molar-refractivity contribution in [2.45, 2.75) is 45.4 Å². The van der Waals surface area contributed by atoms with Crippen LogP contribution in [0.25, 0.3) is 0 Å². The summed E-state index contributed by atoms with van der Waals surface area (Å²) < 4.78 is 11.3. The van der Waals surface area contributed by atoms with E-state index in [4.69, 9.17) is 15.2 Å². The van der Waals surface area contributed by atoms with Crippen LogP contribution in [0.2, 0.25) is 0 Å². The van der Waals surface area contributed by atoms with Crippen molar-refractivity contribution in [2.75, 3.05) is 32.8 Å². The molecule has 1 fully saturated rings. The lowest BCUT2D eigenvalue weighted by molar-refractivity contribution is -0.0590. The Balaban J connectivity index is 2.22. The highest BCUT2D eigenvalue weighted by Crippen LogP contribution is 2.09. The first-order valence-electron chi connectivity index (χ1n) is 6.12. The van der Waals surface area contributed by atoms with Crippen LogP contribution in [-0.2, 0) is 9.47 Å². The predicted molar refractivity (Wildman–Crippen MR) is 65.5 cm³/mol. The molecular formula is C12H26N2O2. The van der Waals surface area contributed by atoms with Crippen LogP contribution in [0, 0.1) is 0 Å². The number of nitrogens with two attached hydrogens (primary N) is 1. The second-order valence-electron chi connectivity index (χ2n) is 5.53. The molecule has 2 unspecified atom stereocenters. The summed E-state index contributed by atoms with van der Waals surface area (Å²) in [5, 5.41) is 0. The molecule has 0 spiro atoms. The lowest BCUT2D eigenvalue weighted by atomic mass is 10.1. The zero-order chi connectivity index (χ0) is 12.2. The van der Waals surface area contributed by atoms with Gasteiger partial charge in [0.1, 0.15) is 0 Å². The summed E-state index contributed by atoms with van der Waals surface area (Å²) >= 11 is 0. The van der Waals surface area contributed by atoms with Gasteiger partial charge in [-0.05, 0) is 27.7 Å². The Hall–Kier alpha value is -0.160. The molecule has 1 aliphatic rings. The Morgan fingerprint density at radius 2 is 2.19 bits per heavy atom. The molecule has 0 aromatic carbocycles. The smallest absolute Gasteiger partial charge is 0.0850 e. The van der Waals surface area contributed by atoms with E-state index in [1.165, 1.54) is 0 Å². The third-order valence-corrected chi connectivity index (χ3v) is 2.71. The third kappa shape index (κ3) is 5.25. The van der Waals surface area contributed by atoms with Crippen LogP contribution in [0.15, 0.2) is 0 Å². The quantitative estimate of drug-likeness (QED) is 0.778. The minimum absolute atomic E-state index is 0.0488. The molecule has 2 atom stereocenters. The molecule has 4 heteroatoms. The maximum absolute atomic E-state index is 5.84. The summed E-state index contributed by atoms with van der Waals surface area (Å²) in [4.78, 5) is 2.36. The standard InChI is InChI=1S/C12H26N2O2/c1-10(13)11-9-14(5-7-15-11)6-8-16-12(2,3)4/h10-11H,5-9,13H2,1-4H3. The van der Waals surface area contributed by atoms with E-state index in [2.05, 4.69) is 25.7 Å². The van der Waals surface area contributed by atoms with Gasteiger partial charge in [0.05, 0.1) is 24.9 Å². The van der Waals surface area contributed by atoms with Crippen molar-refractivity contribution >= 4 is 0 Å². The molecule has 0 amide bonds. The van der Waals surface area contributed by atoms with Crippen molar-refractivity contribution in [3.63, 3.8) is 0 Å². The first-order chi connectivity index (χ1) is 7.38. The van der Waals surface area contributed by atoms with Gasteiger partial charge in [0.25, 0.3) is 0 Å². The zero-order valence-electron chi connectivity index (χ0n) is 11.0. The molecule has 0 radical (unpaired) electrons. The fraction of sp³-hybridized carbons (Fsp3) is 1.00. The highest BCUT2D eigenvalue weighted by molar-refractivity contribution is 4.77. The molecule has 4 nitrogen and oxygen atoms in total. The monoisotopic (exact) mass is 230 g/mol. The summed E-state index contributed by atoms with van der Waals surface area (Å²) in [5.74, 6) is 0. The van der Waals surface area contributed by atoms with Crippen LogP contribution in [0.5, 0.6) is 0 Å². The number of morpholine rings is 1. The Bertz CT molecular complexity index is 202. The molecule has 0 bridgehead atoms. The van der Waals surface area contributed by atoms with Gasteiger partial charge >= 0.3 is 0 Å². The van der Waals surface area contributed by atoms with Crippen molar-refractivity contribution < 1.29 is 9.47 Å². The molecule has 2 N–H and O–H groups in total. The van der Waals surface area contributed by atoms with E-state index in [9.17, 15) is 0 Å². The first kappa shape index (κ1) is 13.9. The van der Waals surface area contributed by atoms with E-state index >= 15 is 0 Å². The summed E-state index contributed by atoms with van der Waals surface area (Å²) in [7, 11) is 0. The highest BCUT2D eigenvalue weighted by Gasteiger charge is 2.23. The molecule has 0 aliphatic carbocycles. The van der Waals surface area contributed by atoms with Gasteiger partial charge in [-0.2, -0.15) is 0 Å². The molecule has 0 saturated carbocycles. The largest absolute Gasteiger partial charge is 0.375 e. The fourth-order valence-corrected chi connectivity index (χ4v) is 1.73. The van der Waals surface area contributed by atoms with Crippen LogP contribution >= 0.6 is 0 Å². The second kappa shape index (κ2) is 5.96. The molecule has 1 saturated heterocycles. The summed E-state index contributed by atoms with van der Waals surface area (Å²) in [6.07, 6.45) is 0.170. The Morgan fingerprint density at radius 1 is 1.50 bits per heavy atom. The fourth-order valence-electron chi connectivity index (χ4n) is 1.73. The topological polar surface area (TPSA) is 47.7 Å². The van der Waals surface area contributed by atoms with Gasteiger partial charge in [-0.15, -0.1) is 0 Å². The number of ether oxygens (including phenoxy) is 2. The second-order valence-corrected chi connectivity index (χ2v) is 5.53. The molecule has 1 rings (SSSR count). The predicted octanol–water partition coefficient (Wildman–Crippen LogP) is 0.850. The normalized spacial score (nSPS) is 25.7. The summed E-state index contributed by atoms with van der Waals surface area (Å²) in [6, 6.07) is 0.103. The molecule has 96 valence electrons. The lowest BCUT2D eigenvalue weighted by Gasteiger charge is -2.35. The van der Waals surface area contributed by atoms with Crippen LogP contribution in [0.1, 0.15) is 27.7 Å². The van der Waals surface area contributed by atoms with Gasteiger partial charge in [0.2, 0.25) is 0 Å². The van der Waals surface area contributed by atoms with Crippen molar-refractivity contribution in [1.82, 2.24) is 4.90 Å². The van der Waals surface area contributed by atoms with E-state index in [-0.39, 0.29) is 17.7 Å². The lowest BCUT2D eigenvalue weighted by Crippen LogP contribution is -2.50. The van der Waals surface area contributed by atoms with Crippen LogP contribution in [0.4, 0.5) is 0 Å². The minimum atomic E-state index is -0.0488. The van der Waals surface area contributed by atoms with Gasteiger partial charge in [-0.25, -0.2) is 0 Å². The number of hydrogen-bond donors (Lipinski definition) is 1. The first-order valence-corrected chi connectivity index (χ1v) is 6.12. The molecule has 16 heavy (non-hydrogen) atoms. The average molecular weight is 230 g/mol. The molecule has 1 aliphatic heterocycles. The Labute approximate surface area is 99.1 Å². The van der Waals surface area contributed by atoms with Gasteiger partial charge in [0.15, 0.2) is 0 Å². The summed E-state index contributed by atoms with van der Waals surface area (Å²) in [5.41, 5.74) is 5.80. The molecule has 1 heterocycles. The van der Waals surface area contributed by atoms with E-state index in [0.29, 0.717) is 0 Å². The van der Waals surface area contributed by atoms with E-state index in [1.807, 2.05) is 6.92 Å². The number of rotatable bonds is 4. The van der Waals surface area contributed by atoms with Crippen molar-refractivity contribution in [3.8, 4) is 0 Å². The van der Waals surface area contributed by atoms with Gasteiger partial charge in [-0.1, -0.05) is 0 Å². The van der Waals surface area contributed by atoms with Gasteiger partial charge in [0, 0.05) is 25.7 Å². The molecular weight excluding hydrogens is 204 g/mol. The van der Waals surface area contributed by atoms with Crippen molar-refractivity contribution in [3.05, 3.63) is 0 Å². The van der Waals surface area contributed by atoms with Gasteiger partial charge in [-0.3, -0.25) is 4.90 Å². The maximum Gasteiger partial charge on any atom is 0.0850 e. The SMILES string of the molecule is CC(N)C1CN(CCOC(C)(C)C)CCO1. The number of nitrogens with zero attached hydrogens (tertiary/aromatic N) is 1. The molecule has 0 aromatic rings. The van der Waals surface area contributed by atoms with Crippen LogP contribution in [-0.4, -0.2) is 55.5 Å². The third-order valence-electron chi connectivity index (χ3n) is 2.71. The van der Waals surface area contributed by atoms with E-state index < -0.39 is 0 Å². The van der Waals surface area contributed by atoms with E-state index in [0.717, 1.165) is 32.8 Å². The summed E-state index contributed by atoms with van der Waals surface area (Å²) in [6.45, 7) is 12.7. The average Bonchev–Trinajstić information content (AvgIpc) is 2.16. The van der Waals surface area contributed by atoms with Crippen molar-refractivity contribution in [1.29, 1.82) is 0 Å². The van der Waals surface area contributed by atoms with Crippen molar-refractivity contribution in [2.24, 2.45) is 5.73 Å². The zero-order valence-corrected chi connectivity index (χ0v) is 11.0. The highest BCUT2D eigenvalue weighted by atomic mass is 16.5. The van der Waals surface area contributed by atoms with Gasteiger partial charge < -0.3 is 15.2 Å². The van der Waals surface area contributed by atoms with Crippen LogP contribution in [0.3, 0.4) is 0 Å².